The number of aromatic nitrogens is 3. The summed E-state index contributed by atoms with van der Waals surface area (Å²) in [4.78, 5) is 0. The Balaban J connectivity index is 2.69. The number of H-pyrrole nitrogens is 1. The van der Waals surface area contributed by atoms with E-state index < -0.39 is 0 Å². The van der Waals surface area contributed by atoms with Gasteiger partial charge in [0.05, 0.1) is 18.8 Å². The number of aromatic amines is 1. The number of rotatable bonds is 5. The van der Waals surface area contributed by atoms with Crippen LogP contribution in [0, 0.1) is 4.77 Å². The molecule has 0 aliphatic rings. The van der Waals surface area contributed by atoms with Crippen molar-refractivity contribution in [2.45, 2.75) is 39.5 Å². The molecule has 0 aliphatic carbocycles. The van der Waals surface area contributed by atoms with Crippen LogP contribution >= 0.6 is 12.2 Å². The van der Waals surface area contributed by atoms with Crippen LogP contribution in [0.5, 0.6) is 0 Å². The Morgan fingerprint density at radius 1 is 1.44 bits per heavy atom. The molecule has 1 N–H and O–H groups in total. The van der Waals surface area contributed by atoms with Crippen LogP contribution in [0.3, 0.4) is 0 Å². The van der Waals surface area contributed by atoms with Crippen LogP contribution in [0.1, 0.15) is 26.6 Å². The van der Waals surface area contributed by atoms with Gasteiger partial charge in [-0.2, -0.15) is 5.10 Å². The predicted octanol–water partition coefficient (Wildman–Crippen LogP) is 1.90. The van der Waals surface area contributed by atoms with E-state index in [4.69, 9.17) is 21.7 Å². The Kier molecular flexibility index (Phi) is 4.64. The number of methoxy groups -OCH3 is 1. The highest BCUT2D eigenvalue weighted by Gasteiger charge is 2.13. The molecule has 0 atom stereocenters. The summed E-state index contributed by atoms with van der Waals surface area (Å²) < 4.78 is 13.2. The zero-order chi connectivity index (χ0) is 12.2. The first kappa shape index (κ1) is 13.3. The molecular formula is C10H19N3O2S. The van der Waals surface area contributed by atoms with E-state index in [9.17, 15) is 0 Å². The highest BCUT2D eigenvalue weighted by Crippen LogP contribution is 2.10. The molecule has 92 valence electrons. The van der Waals surface area contributed by atoms with Gasteiger partial charge in [-0.25, -0.2) is 0 Å². The molecule has 0 unspecified atom stereocenters. The van der Waals surface area contributed by atoms with Gasteiger partial charge in [0, 0.05) is 7.11 Å². The predicted molar refractivity (Wildman–Crippen MR) is 63.8 cm³/mol. The first-order valence-corrected chi connectivity index (χ1v) is 5.62. The van der Waals surface area contributed by atoms with Crippen LogP contribution in [0.4, 0.5) is 0 Å². The molecule has 1 rings (SSSR count). The lowest BCUT2D eigenvalue weighted by Crippen LogP contribution is -2.20. The molecule has 0 aromatic carbocycles. The second-order valence-corrected chi connectivity index (χ2v) is 4.88. The van der Waals surface area contributed by atoms with Gasteiger partial charge in [-0.15, -0.1) is 0 Å². The van der Waals surface area contributed by atoms with Crippen molar-refractivity contribution in [1.29, 1.82) is 0 Å². The molecule has 1 aromatic rings. The van der Waals surface area contributed by atoms with Crippen LogP contribution in [0.2, 0.25) is 0 Å². The normalized spacial score (nSPS) is 12.0. The summed E-state index contributed by atoms with van der Waals surface area (Å²) >= 11 is 5.13. The minimum absolute atomic E-state index is 0.181. The standard InChI is InChI=1S/C10H19N3O2S/c1-10(2,3)15-7-8-11-12-9(16)13(8)5-6-14-4/h5-7H2,1-4H3,(H,12,16). The molecule has 1 heterocycles. The Labute approximate surface area is 101 Å². The maximum atomic E-state index is 5.66. The fourth-order valence-corrected chi connectivity index (χ4v) is 1.40. The van der Waals surface area contributed by atoms with Gasteiger partial charge in [0.15, 0.2) is 10.6 Å². The third-order valence-corrected chi connectivity index (χ3v) is 2.30. The largest absolute Gasteiger partial charge is 0.383 e. The van der Waals surface area contributed by atoms with Gasteiger partial charge in [0.1, 0.15) is 6.61 Å². The topological polar surface area (TPSA) is 52.1 Å². The molecule has 16 heavy (non-hydrogen) atoms. The lowest BCUT2D eigenvalue weighted by molar-refractivity contribution is -0.0197. The van der Waals surface area contributed by atoms with E-state index in [1.54, 1.807) is 7.11 Å². The molecule has 0 fully saturated rings. The maximum absolute atomic E-state index is 5.66. The van der Waals surface area contributed by atoms with Crippen LogP contribution in [0.25, 0.3) is 0 Å². The molecule has 0 aliphatic heterocycles. The van der Waals surface area contributed by atoms with Crippen molar-refractivity contribution in [1.82, 2.24) is 14.8 Å². The van der Waals surface area contributed by atoms with Crippen LogP contribution in [-0.2, 0) is 22.6 Å². The molecule has 6 heteroatoms. The average Bonchev–Trinajstić information content (AvgIpc) is 2.52. The van der Waals surface area contributed by atoms with Crippen molar-refractivity contribution in [3.8, 4) is 0 Å². The number of hydrogen-bond donors (Lipinski definition) is 1. The first-order chi connectivity index (χ1) is 7.44. The second-order valence-electron chi connectivity index (χ2n) is 4.49. The lowest BCUT2D eigenvalue weighted by atomic mass is 10.2. The average molecular weight is 245 g/mol. The smallest absolute Gasteiger partial charge is 0.195 e. The van der Waals surface area contributed by atoms with Crippen molar-refractivity contribution in [2.75, 3.05) is 13.7 Å². The summed E-state index contributed by atoms with van der Waals surface area (Å²) in [5.74, 6) is 0.803. The molecule has 5 nitrogen and oxygen atoms in total. The van der Waals surface area contributed by atoms with E-state index in [-0.39, 0.29) is 5.60 Å². The fourth-order valence-electron chi connectivity index (χ4n) is 1.15. The van der Waals surface area contributed by atoms with Crippen molar-refractivity contribution in [2.24, 2.45) is 0 Å². The highest BCUT2D eigenvalue weighted by atomic mass is 32.1. The lowest BCUT2D eigenvalue weighted by Gasteiger charge is -2.19. The summed E-state index contributed by atoms with van der Waals surface area (Å²) in [5, 5.41) is 6.90. The third kappa shape index (κ3) is 4.03. The molecular weight excluding hydrogens is 226 g/mol. The van der Waals surface area contributed by atoms with Crippen LogP contribution < -0.4 is 0 Å². The summed E-state index contributed by atoms with van der Waals surface area (Å²) in [6.45, 7) is 7.76. The Hall–Kier alpha value is -0.720. The fraction of sp³-hybridized carbons (Fsp3) is 0.800. The van der Waals surface area contributed by atoms with Gasteiger partial charge < -0.3 is 9.47 Å². The van der Waals surface area contributed by atoms with Crippen LogP contribution in [0.15, 0.2) is 0 Å². The first-order valence-electron chi connectivity index (χ1n) is 5.21. The van der Waals surface area contributed by atoms with Crippen molar-refractivity contribution < 1.29 is 9.47 Å². The van der Waals surface area contributed by atoms with Crippen molar-refractivity contribution in [3.05, 3.63) is 10.6 Å². The van der Waals surface area contributed by atoms with E-state index in [1.807, 2.05) is 25.3 Å². The second kappa shape index (κ2) is 5.56. The number of nitrogens with zero attached hydrogens (tertiary/aromatic N) is 2. The van der Waals surface area contributed by atoms with E-state index in [0.717, 1.165) is 5.82 Å². The maximum Gasteiger partial charge on any atom is 0.195 e. The summed E-state index contributed by atoms with van der Waals surface area (Å²) in [7, 11) is 1.66. The van der Waals surface area contributed by atoms with Gasteiger partial charge in [-0.05, 0) is 33.0 Å². The highest BCUT2D eigenvalue weighted by molar-refractivity contribution is 7.71. The van der Waals surface area contributed by atoms with Gasteiger partial charge >= 0.3 is 0 Å². The number of hydrogen-bond acceptors (Lipinski definition) is 4. The third-order valence-electron chi connectivity index (χ3n) is 1.99. The SMILES string of the molecule is COCCn1c(COC(C)(C)C)n[nH]c1=S. The molecule has 0 saturated carbocycles. The summed E-state index contributed by atoms with van der Waals surface area (Å²) in [5.41, 5.74) is -0.181. The quantitative estimate of drug-likeness (QED) is 0.805. The molecule has 0 bridgehead atoms. The molecule has 0 spiro atoms. The van der Waals surface area contributed by atoms with Gasteiger partial charge in [0.2, 0.25) is 0 Å². The van der Waals surface area contributed by atoms with Crippen molar-refractivity contribution >= 4 is 12.2 Å². The molecule has 0 radical (unpaired) electrons. The number of nitrogens with one attached hydrogen (secondary N) is 1. The molecule has 1 aromatic heterocycles. The van der Waals surface area contributed by atoms with Gasteiger partial charge in [0.25, 0.3) is 0 Å². The van der Waals surface area contributed by atoms with E-state index in [1.165, 1.54) is 0 Å². The van der Waals surface area contributed by atoms with E-state index >= 15 is 0 Å². The summed E-state index contributed by atoms with van der Waals surface area (Å²) in [6, 6.07) is 0. The Morgan fingerprint density at radius 3 is 2.69 bits per heavy atom. The van der Waals surface area contributed by atoms with Crippen molar-refractivity contribution in [3.63, 3.8) is 0 Å². The van der Waals surface area contributed by atoms with Crippen LogP contribution in [-0.4, -0.2) is 34.1 Å². The van der Waals surface area contributed by atoms with Gasteiger partial charge in [-0.1, -0.05) is 0 Å². The number of ether oxygens (including phenoxy) is 2. The Morgan fingerprint density at radius 2 is 2.12 bits per heavy atom. The summed E-state index contributed by atoms with van der Waals surface area (Å²) in [6.07, 6.45) is 0. The Bertz CT molecular complexity index is 378. The van der Waals surface area contributed by atoms with E-state index in [0.29, 0.717) is 24.5 Å². The molecule has 0 amide bonds. The minimum Gasteiger partial charge on any atom is -0.383 e. The minimum atomic E-state index is -0.181. The van der Waals surface area contributed by atoms with E-state index in [2.05, 4.69) is 10.2 Å². The van der Waals surface area contributed by atoms with Gasteiger partial charge in [-0.3, -0.25) is 9.67 Å². The molecule has 0 saturated heterocycles. The zero-order valence-corrected chi connectivity index (χ0v) is 11.1. The monoisotopic (exact) mass is 245 g/mol. The zero-order valence-electron chi connectivity index (χ0n) is 10.2.